The van der Waals surface area contributed by atoms with Crippen molar-refractivity contribution in [2.45, 2.75) is 6.18 Å². The summed E-state index contributed by atoms with van der Waals surface area (Å²) in [7, 11) is 1.21. The predicted molar refractivity (Wildman–Crippen MR) is 60.4 cm³/mol. The van der Waals surface area contributed by atoms with Crippen LogP contribution in [0.4, 0.5) is 13.2 Å². The molecule has 0 bridgehead atoms. The van der Waals surface area contributed by atoms with Crippen molar-refractivity contribution in [3.05, 3.63) is 41.6 Å². The molecule has 1 aromatic carbocycles. The highest BCUT2D eigenvalue weighted by atomic mass is 19.4. The number of H-pyrrole nitrogens is 1. The van der Waals surface area contributed by atoms with Gasteiger partial charge in [0.05, 0.1) is 24.6 Å². The number of aromatic nitrogens is 2. The summed E-state index contributed by atoms with van der Waals surface area (Å²) < 4.78 is 41.8. The first-order chi connectivity index (χ1) is 8.93. The molecule has 2 aromatic rings. The van der Waals surface area contributed by atoms with Crippen LogP contribution in [0.3, 0.4) is 0 Å². The molecule has 0 radical (unpaired) electrons. The van der Waals surface area contributed by atoms with Crippen LogP contribution in [0.5, 0.6) is 0 Å². The first kappa shape index (κ1) is 13.1. The first-order valence-electron chi connectivity index (χ1n) is 5.23. The zero-order chi connectivity index (χ0) is 14.0. The second-order valence-corrected chi connectivity index (χ2v) is 3.73. The molecule has 0 fully saturated rings. The third-order valence-corrected chi connectivity index (χ3v) is 2.55. The lowest BCUT2D eigenvalue weighted by molar-refractivity contribution is -0.137. The lowest BCUT2D eigenvalue weighted by atomic mass is 10.1. The summed E-state index contributed by atoms with van der Waals surface area (Å²) in [6.07, 6.45) is -3.13. The first-order valence-corrected chi connectivity index (χ1v) is 5.23. The molecule has 4 nitrogen and oxygen atoms in total. The molecule has 0 saturated carbocycles. The number of nitrogens with zero attached hydrogens (tertiary/aromatic N) is 1. The van der Waals surface area contributed by atoms with E-state index in [1.807, 2.05) is 0 Å². The zero-order valence-corrected chi connectivity index (χ0v) is 9.78. The van der Waals surface area contributed by atoms with Gasteiger partial charge in [-0.3, -0.25) is 5.10 Å². The molecule has 0 aliphatic rings. The van der Waals surface area contributed by atoms with Gasteiger partial charge in [0.2, 0.25) is 0 Å². The van der Waals surface area contributed by atoms with Crippen molar-refractivity contribution in [1.82, 2.24) is 10.2 Å². The SMILES string of the molecule is COC(=O)c1cn[nH]c1-c1ccc(C(F)(F)F)cc1. The topological polar surface area (TPSA) is 55.0 Å². The van der Waals surface area contributed by atoms with E-state index in [-0.39, 0.29) is 5.56 Å². The van der Waals surface area contributed by atoms with Crippen LogP contribution in [0.2, 0.25) is 0 Å². The fourth-order valence-electron chi connectivity index (χ4n) is 1.60. The van der Waals surface area contributed by atoms with Crippen LogP contribution in [0.1, 0.15) is 15.9 Å². The van der Waals surface area contributed by atoms with Crippen LogP contribution in [0.25, 0.3) is 11.3 Å². The van der Waals surface area contributed by atoms with Gasteiger partial charge < -0.3 is 4.74 Å². The molecule has 0 unspecified atom stereocenters. The molecule has 1 heterocycles. The molecule has 7 heteroatoms. The van der Waals surface area contributed by atoms with Gasteiger partial charge in [-0.05, 0) is 12.1 Å². The fourth-order valence-corrected chi connectivity index (χ4v) is 1.60. The molecule has 0 aliphatic carbocycles. The Morgan fingerprint density at radius 3 is 2.42 bits per heavy atom. The van der Waals surface area contributed by atoms with Crippen molar-refractivity contribution in [3.63, 3.8) is 0 Å². The van der Waals surface area contributed by atoms with E-state index in [4.69, 9.17) is 0 Å². The van der Waals surface area contributed by atoms with Gasteiger partial charge in [0.25, 0.3) is 0 Å². The highest BCUT2D eigenvalue weighted by molar-refractivity contribution is 5.95. The minimum atomic E-state index is -4.39. The van der Waals surface area contributed by atoms with Crippen molar-refractivity contribution in [3.8, 4) is 11.3 Å². The number of carbonyl (C=O) groups is 1. The largest absolute Gasteiger partial charge is 0.465 e. The van der Waals surface area contributed by atoms with E-state index in [1.165, 1.54) is 25.4 Å². The van der Waals surface area contributed by atoms with E-state index >= 15 is 0 Å². The molecule has 0 spiro atoms. The van der Waals surface area contributed by atoms with Crippen molar-refractivity contribution >= 4 is 5.97 Å². The quantitative estimate of drug-likeness (QED) is 0.854. The maximum Gasteiger partial charge on any atom is 0.416 e. The van der Waals surface area contributed by atoms with Gasteiger partial charge >= 0.3 is 12.1 Å². The molecule has 19 heavy (non-hydrogen) atoms. The zero-order valence-electron chi connectivity index (χ0n) is 9.78. The maximum atomic E-state index is 12.4. The average Bonchev–Trinajstić information content (AvgIpc) is 2.86. The Bertz CT molecular complexity index is 588. The molecule has 1 N–H and O–H groups in total. The van der Waals surface area contributed by atoms with Crippen LogP contribution >= 0.6 is 0 Å². The van der Waals surface area contributed by atoms with Crippen molar-refractivity contribution in [1.29, 1.82) is 0 Å². The monoisotopic (exact) mass is 270 g/mol. The van der Waals surface area contributed by atoms with E-state index in [9.17, 15) is 18.0 Å². The summed E-state index contributed by atoms with van der Waals surface area (Å²) in [5.41, 5.74) is 0.157. The van der Waals surface area contributed by atoms with Crippen LogP contribution in [-0.2, 0) is 10.9 Å². The highest BCUT2D eigenvalue weighted by Gasteiger charge is 2.30. The second-order valence-electron chi connectivity index (χ2n) is 3.73. The van der Waals surface area contributed by atoms with Gasteiger partial charge in [-0.1, -0.05) is 12.1 Å². The summed E-state index contributed by atoms with van der Waals surface area (Å²) in [5.74, 6) is -0.608. The number of halogens is 3. The van der Waals surface area contributed by atoms with E-state index in [2.05, 4.69) is 14.9 Å². The normalized spacial score (nSPS) is 11.4. The fraction of sp³-hybridized carbons (Fsp3) is 0.167. The number of hydrogen-bond donors (Lipinski definition) is 1. The molecular formula is C12H9F3N2O2. The summed E-state index contributed by atoms with van der Waals surface area (Å²) >= 11 is 0. The van der Waals surface area contributed by atoms with Crippen molar-refractivity contribution in [2.75, 3.05) is 7.11 Å². The number of aromatic amines is 1. The summed E-state index contributed by atoms with van der Waals surface area (Å²) in [6, 6.07) is 4.42. The van der Waals surface area contributed by atoms with Gasteiger partial charge in [0, 0.05) is 5.56 Å². The molecule has 100 valence electrons. The number of esters is 1. The van der Waals surface area contributed by atoms with E-state index in [0.29, 0.717) is 11.3 Å². The third-order valence-electron chi connectivity index (χ3n) is 2.55. The van der Waals surface area contributed by atoms with E-state index in [0.717, 1.165) is 12.1 Å². The molecule has 0 aliphatic heterocycles. The minimum Gasteiger partial charge on any atom is -0.465 e. The lowest BCUT2D eigenvalue weighted by Gasteiger charge is -2.07. The van der Waals surface area contributed by atoms with Crippen LogP contribution < -0.4 is 0 Å². The summed E-state index contributed by atoms with van der Waals surface area (Å²) in [5, 5.41) is 6.25. The molecule has 0 atom stereocenters. The minimum absolute atomic E-state index is 0.169. The van der Waals surface area contributed by atoms with Crippen LogP contribution in [0, 0.1) is 0 Å². The second kappa shape index (κ2) is 4.75. The number of carbonyl (C=O) groups excluding carboxylic acids is 1. The molecular weight excluding hydrogens is 261 g/mol. The van der Waals surface area contributed by atoms with Gasteiger partial charge in [0.15, 0.2) is 0 Å². The molecule has 0 saturated heterocycles. The van der Waals surface area contributed by atoms with E-state index in [1.54, 1.807) is 0 Å². The van der Waals surface area contributed by atoms with E-state index < -0.39 is 17.7 Å². The van der Waals surface area contributed by atoms with Crippen molar-refractivity contribution in [2.24, 2.45) is 0 Å². The van der Waals surface area contributed by atoms with Gasteiger partial charge in [-0.2, -0.15) is 18.3 Å². The molecule has 2 rings (SSSR count). The maximum absolute atomic E-state index is 12.4. The number of hydrogen-bond acceptors (Lipinski definition) is 3. The Hall–Kier alpha value is -2.31. The van der Waals surface area contributed by atoms with Gasteiger partial charge in [0.1, 0.15) is 5.56 Å². The third kappa shape index (κ3) is 2.59. The average molecular weight is 270 g/mol. The molecule has 1 aromatic heterocycles. The Balaban J connectivity index is 2.38. The van der Waals surface area contributed by atoms with Crippen LogP contribution in [-0.4, -0.2) is 23.3 Å². The Kier molecular flexibility index (Phi) is 3.28. The van der Waals surface area contributed by atoms with Crippen LogP contribution in [0.15, 0.2) is 30.5 Å². The standard InChI is InChI=1S/C12H9F3N2O2/c1-19-11(18)9-6-16-17-10(9)7-2-4-8(5-3-7)12(13,14)15/h2-6H,1H3,(H,16,17). The smallest absolute Gasteiger partial charge is 0.416 e. The Labute approximate surface area is 106 Å². The van der Waals surface area contributed by atoms with Gasteiger partial charge in [-0.25, -0.2) is 4.79 Å². The summed E-state index contributed by atoms with van der Waals surface area (Å²) in [6.45, 7) is 0. The highest BCUT2D eigenvalue weighted by Crippen LogP contribution is 2.31. The predicted octanol–water partition coefficient (Wildman–Crippen LogP) is 2.88. The number of benzene rings is 1. The number of alkyl halides is 3. The number of nitrogens with one attached hydrogen (secondary N) is 1. The van der Waals surface area contributed by atoms with Crippen molar-refractivity contribution < 1.29 is 22.7 Å². The summed E-state index contributed by atoms with van der Waals surface area (Å²) in [4.78, 5) is 11.4. The number of rotatable bonds is 2. The van der Waals surface area contributed by atoms with Gasteiger partial charge in [-0.15, -0.1) is 0 Å². The Morgan fingerprint density at radius 1 is 1.26 bits per heavy atom. The molecule has 0 amide bonds. The Morgan fingerprint density at radius 2 is 1.89 bits per heavy atom. The number of methoxy groups -OCH3 is 1. The number of ether oxygens (including phenoxy) is 1. The lowest BCUT2D eigenvalue weighted by Crippen LogP contribution is -2.04.